The third-order valence-electron chi connectivity index (χ3n) is 6.00. The van der Waals surface area contributed by atoms with Gasteiger partial charge in [0.25, 0.3) is 0 Å². The zero-order valence-corrected chi connectivity index (χ0v) is 18.4. The highest BCUT2D eigenvalue weighted by Crippen LogP contribution is 2.35. The topological polar surface area (TPSA) is 96.6 Å². The standard InChI is InChI=1S/C23H32N6O2/c1-3-4-12-31-23-26-20(24)19-21(27-23)28(2)18(22(30)25-19)14-16-8-7-9-17(13-16)15-29-10-5-6-11-29/h7-9,13,18H,3-6,10-12,14-15H2,1-2H3,(H,25,30)(H2,24,26,27). The lowest BCUT2D eigenvalue weighted by Crippen LogP contribution is -2.48. The number of ether oxygens (including phenoxy) is 1. The van der Waals surface area contributed by atoms with Crippen LogP contribution in [0.3, 0.4) is 0 Å². The molecule has 166 valence electrons. The number of likely N-dealkylation sites (N-methyl/N-ethyl adjacent to an activating group) is 1. The fraction of sp³-hybridized carbons (Fsp3) is 0.522. The number of hydrogen-bond acceptors (Lipinski definition) is 7. The number of nitrogen functional groups attached to an aromatic ring is 1. The van der Waals surface area contributed by atoms with Gasteiger partial charge in [0.1, 0.15) is 11.7 Å². The van der Waals surface area contributed by atoms with Crippen LogP contribution in [0, 0.1) is 0 Å². The lowest BCUT2D eigenvalue weighted by molar-refractivity contribution is -0.117. The molecule has 4 rings (SSSR count). The van der Waals surface area contributed by atoms with E-state index in [9.17, 15) is 4.79 Å². The number of nitrogens with two attached hydrogens (primary N) is 1. The van der Waals surface area contributed by atoms with Crippen LogP contribution in [0.4, 0.5) is 17.3 Å². The summed E-state index contributed by atoms with van der Waals surface area (Å²) in [6, 6.07) is 8.40. The molecule has 1 atom stereocenters. The van der Waals surface area contributed by atoms with Crippen molar-refractivity contribution in [2.45, 2.75) is 51.6 Å². The van der Waals surface area contributed by atoms with Crippen molar-refractivity contribution < 1.29 is 9.53 Å². The van der Waals surface area contributed by atoms with Crippen molar-refractivity contribution in [1.82, 2.24) is 14.9 Å². The molecular weight excluding hydrogens is 392 g/mol. The summed E-state index contributed by atoms with van der Waals surface area (Å²) < 4.78 is 5.65. The van der Waals surface area contributed by atoms with Gasteiger partial charge in [-0.15, -0.1) is 0 Å². The number of likely N-dealkylation sites (tertiary alicyclic amines) is 1. The first-order chi connectivity index (χ1) is 15.0. The van der Waals surface area contributed by atoms with Gasteiger partial charge >= 0.3 is 6.01 Å². The molecule has 2 aromatic rings. The van der Waals surface area contributed by atoms with Crippen LogP contribution < -0.4 is 20.7 Å². The molecule has 3 N–H and O–H groups in total. The number of rotatable bonds is 8. The van der Waals surface area contributed by atoms with E-state index in [1.807, 2.05) is 11.9 Å². The van der Waals surface area contributed by atoms with Crippen molar-refractivity contribution in [2.24, 2.45) is 0 Å². The predicted octanol–water partition coefficient (Wildman–Crippen LogP) is 2.83. The molecule has 1 amide bonds. The molecule has 8 heteroatoms. The molecule has 0 saturated carbocycles. The number of fused-ring (bicyclic) bond motifs is 1. The molecule has 0 aliphatic carbocycles. The largest absolute Gasteiger partial charge is 0.463 e. The second-order valence-corrected chi connectivity index (χ2v) is 8.42. The Balaban J connectivity index is 1.51. The minimum Gasteiger partial charge on any atom is -0.463 e. The summed E-state index contributed by atoms with van der Waals surface area (Å²) in [5, 5.41) is 2.90. The molecule has 1 saturated heterocycles. The molecule has 3 heterocycles. The Morgan fingerprint density at radius 3 is 2.77 bits per heavy atom. The summed E-state index contributed by atoms with van der Waals surface area (Å²) >= 11 is 0. The second-order valence-electron chi connectivity index (χ2n) is 8.42. The van der Waals surface area contributed by atoms with Crippen molar-refractivity contribution >= 4 is 23.2 Å². The average Bonchev–Trinajstić information content (AvgIpc) is 3.26. The number of nitrogens with one attached hydrogen (secondary N) is 1. The number of carbonyl (C=O) groups is 1. The van der Waals surface area contributed by atoms with Crippen LogP contribution in [0.2, 0.25) is 0 Å². The molecule has 0 radical (unpaired) electrons. The Morgan fingerprint density at radius 1 is 1.23 bits per heavy atom. The van der Waals surface area contributed by atoms with Gasteiger partial charge in [-0.25, -0.2) is 0 Å². The SMILES string of the molecule is CCCCOc1nc(N)c2c(n1)N(C)C(Cc1cccc(CN3CCCC3)c1)C(=O)N2. The lowest BCUT2D eigenvalue weighted by atomic mass is 10.00. The van der Waals surface area contributed by atoms with Crippen LogP contribution >= 0.6 is 0 Å². The highest BCUT2D eigenvalue weighted by atomic mass is 16.5. The van der Waals surface area contributed by atoms with Gasteiger partial charge in [-0.05, 0) is 43.5 Å². The minimum atomic E-state index is -0.382. The van der Waals surface area contributed by atoms with E-state index in [0.29, 0.717) is 24.5 Å². The van der Waals surface area contributed by atoms with E-state index in [0.717, 1.165) is 24.9 Å². The van der Waals surface area contributed by atoms with Gasteiger partial charge in [-0.3, -0.25) is 9.69 Å². The van der Waals surface area contributed by atoms with Gasteiger partial charge in [0.2, 0.25) is 5.91 Å². The molecule has 8 nitrogen and oxygen atoms in total. The van der Waals surface area contributed by atoms with Crippen molar-refractivity contribution in [3.63, 3.8) is 0 Å². The van der Waals surface area contributed by atoms with Gasteiger partial charge in [0.05, 0.1) is 6.61 Å². The molecular formula is C23H32N6O2. The number of amides is 1. The van der Waals surface area contributed by atoms with Crippen LogP contribution in [-0.2, 0) is 17.8 Å². The zero-order chi connectivity index (χ0) is 21.8. The molecule has 0 bridgehead atoms. The van der Waals surface area contributed by atoms with Crippen LogP contribution in [0.25, 0.3) is 0 Å². The predicted molar refractivity (Wildman–Crippen MR) is 122 cm³/mol. The van der Waals surface area contributed by atoms with Crippen molar-refractivity contribution in [1.29, 1.82) is 0 Å². The molecule has 1 aromatic heterocycles. The Hall–Kier alpha value is -2.87. The van der Waals surface area contributed by atoms with Gasteiger partial charge < -0.3 is 20.7 Å². The quantitative estimate of drug-likeness (QED) is 0.629. The van der Waals surface area contributed by atoms with Crippen LogP contribution in [0.5, 0.6) is 6.01 Å². The Kier molecular flexibility index (Phi) is 6.56. The maximum absolute atomic E-state index is 12.9. The van der Waals surface area contributed by atoms with Gasteiger partial charge in [0, 0.05) is 20.0 Å². The molecule has 0 spiro atoms. The molecule has 1 aromatic carbocycles. The molecule has 2 aliphatic rings. The molecule has 2 aliphatic heterocycles. The summed E-state index contributed by atoms with van der Waals surface area (Å²) in [5.74, 6) is 0.717. The lowest BCUT2D eigenvalue weighted by Gasteiger charge is -2.34. The summed E-state index contributed by atoms with van der Waals surface area (Å²) in [5.41, 5.74) is 8.96. The van der Waals surface area contributed by atoms with Gasteiger partial charge in [-0.2, -0.15) is 9.97 Å². The number of aromatic nitrogens is 2. The van der Waals surface area contributed by atoms with Crippen molar-refractivity contribution in [3.05, 3.63) is 35.4 Å². The van der Waals surface area contributed by atoms with E-state index in [1.54, 1.807) is 0 Å². The monoisotopic (exact) mass is 424 g/mol. The van der Waals surface area contributed by atoms with Gasteiger partial charge in [-0.1, -0.05) is 37.6 Å². The van der Waals surface area contributed by atoms with E-state index in [4.69, 9.17) is 10.5 Å². The van der Waals surface area contributed by atoms with E-state index in [2.05, 4.69) is 51.4 Å². The number of anilines is 3. The van der Waals surface area contributed by atoms with Crippen LogP contribution in [0.1, 0.15) is 43.7 Å². The minimum absolute atomic E-state index is 0.102. The summed E-state index contributed by atoms with van der Waals surface area (Å²) in [6.07, 6.45) is 5.09. The number of hydrogen-bond donors (Lipinski definition) is 2. The summed E-state index contributed by atoms with van der Waals surface area (Å²) in [6.45, 7) is 5.93. The third-order valence-corrected chi connectivity index (χ3v) is 6.00. The first kappa shape index (κ1) is 21.4. The fourth-order valence-corrected chi connectivity index (χ4v) is 4.23. The number of carbonyl (C=O) groups excluding carboxylic acids is 1. The molecule has 1 unspecified atom stereocenters. The Labute approximate surface area is 183 Å². The van der Waals surface area contributed by atoms with Crippen molar-refractivity contribution in [2.75, 3.05) is 42.7 Å². The highest BCUT2D eigenvalue weighted by molar-refractivity contribution is 6.05. The maximum Gasteiger partial charge on any atom is 0.320 e. The van der Waals surface area contributed by atoms with E-state index in [1.165, 1.54) is 31.5 Å². The summed E-state index contributed by atoms with van der Waals surface area (Å²) in [7, 11) is 1.87. The maximum atomic E-state index is 12.9. The zero-order valence-electron chi connectivity index (χ0n) is 18.4. The number of unbranched alkanes of at least 4 members (excludes halogenated alkanes) is 1. The smallest absolute Gasteiger partial charge is 0.320 e. The van der Waals surface area contributed by atoms with E-state index in [-0.39, 0.29) is 23.8 Å². The third kappa shape index (κ3) is 4.90. The van der Waals surface area contributed by atoms with Gasteiger partial charge in [0.15, 0.2) is 11.6 Å². The van der Waals surface area contributed by atoms with E-state index >= 15 is 0 Å². The van der Waals surface area contributed by atoms with Crippen LogP contribution in [0.15, 0.2) is 24.3 Å². The summed E-state index contributed by atoms with van der Waals surface area (Å²) in [4.78, 5) is 26.0. The van der Waals surface area contributed by atoms with Crippen LogP contribution in [-0.4, -0.2) is 53.6 Å². The van der Waals surface area contributed by atoms with E-state index < -0.39 is 0 Å². The second kappa shape index (κ2) is 9.51. The first-order valence-electron chi connectivity index (χ1n) is 11.2. The Morgan fingerprint density at radius 2 is 2.00 bits per heavy atom. The number of nitrogens with zero attached hydrogens (tertiary/aromatic N) is 4. The fourth-order valence-electron chi connectivity index (χ4n) is 4.23. The number of benzene rings is 1. The highest BCUT2D eigenvalue weighted by Gasteiger charge is 2.34. The van der Waals surface area contributed by atoms with Crippen molar-refractivity contribution in [3.8, 4) is 6.01 Å². The average molecular weight is 425 g/mol. The Bertz CT molecular complexity index is 928. The normalized spacial score (nSPS) is 18.7. The molecule has 1 fully saturated rings. The first-order valence-corrected chi connectivity index (χ1v) is 11.2. The molecule has 31 heavy (non-hydrogen) atoms.